The van der Waals surface area contributed by atoms with Gasteiger partial charge < -0.3 is 9.64 Å². The number of rotatable bonds is 3. The number of nitrogens with zero attached hydrogens (tertiary/aromatic N) is 4. The summed E-state index contributed by atoms with van der Waals surface area (Å²) in [4.78, 5) is 17.2. The highest BCUT2D eigenvalue weighted by atomic mass is 16.5. The first kappa shape index (κ1) is 15.6. The number of hydrogen-bond donors (Lipinski definition) is 0. The summed E-state index contributed by atoms with van der Waals surface area (Å²) in [5.41, 5.74) is 2.37. The molecule has 2 aliphatic rings. The number of carbonyl (C=O) groups is 1. The van der Waals surface area contributed by atoms with Crippen molar-refractivity contribution >= 4 is 11.4 Å². The second-order valence-corrected chi connectivity index (χ2v) is 6.92. The predicted molar refractivity (Wildman–Crippen MR) is 90.5 cm³/mol. The number of ether oxygens (including phenoxy) is 1. The summed E-state index contributed by atoms with van der Waals surface area (Å²) >= 11 is 0. The van der Waals surface area contributed by atoms with Crippen molar-refractivity contribution in [3.05, 3.63) is 36.2 Å². The van der Waals surface area contributed by atoms with Gasteiger partial charge in [0.1, 0.15) is 0 Å². The number of likely N-dealkylation sites (tertiary alicyclic amines) is 1. The normalized spacial score (nSPS) is 25.5. The topological polar surface area (TPSA) is 50.1 Å². The molecular weight excluding hydrogens is 304 g/mol. The van der Waals surface area contributed by atoms with Crippen molar-refractivity contribution < 1.29 is 9.53 Å². The zero-order chi connectivity index (χ0) is 16.5. The van der Waals surface area contributed by atoms with E-state index >= 15 is 0 Å². The molecule has 4 rings (SSSR count). The highest BCUT2D eigenvalue weighted by molar-refractivity contribution is 5.79. The van der Waals surface area contributed by atoms with E-state index in [1.165, 1.54) is 5.56 Å². The van der Waals surface area contributed by atoms with Gasteiger partial charge in [0.2, 0.25) is 5.91 Å². The van der Waals surface area contributed by atoms with E-state index < -0.39 is 0 Å². The minimum atomic E-state index is 0.102. The van der Waals surface area contributed by atoms with Crippen LogP contribution < -0.4 is 0 Å². The number of amides is 1. The first-order valence-electron chi connectivity index (χ1n) is 8.72. The fourth-order valence-corrected chi connectivity index (χ4v) is 3.89. The van der Waals surface area contributed by atoms with Gasteiger partial charge in [0.15, 0.2) is 0 Å². The molecule has 0 bridgehead atoms. The zero-order valence-corrected chi connectivity index (χ0v) is 14.1. The van der Waals surface area contributed by atoms with Gasteiger partial charge in [0.05, 0.1) is 30.8 Å². The third-order valence-corrected chi connectivity index (χ3v) is 5.23. The van der Waals surface area contributed by atoms with E-state index in [1.807, 2.05) is 33.9 Å². The lowest BCUT2D eigenvalue weighted by Gasteiger charge is -2.30. The molecule has 2 aromatic heterocycles. The summed E-state index contributed by atoms with van der Waals surface area (Å²) in [7, 11) is 0. The molecule has 2 atom stereocenters. The zero-order valence-electron chi connectivity index (χ0n) is 14.1. The molecular formula is C18H24N4O2. The highest BCUT2D eigenvalue weighted by Crippen LogP contribution is 2.27. The van der Waals surface area contributed by atoms with Crippen LogP contribution in [0.3, 0.4) is 0 Å². The first-order valence-corrected chi connectivity index (χ1v) is 8.72. The van der Waals surface area contributed by atoms with Gasteiger partial charge in [-0.15, -0.1) is 0 Å². The van der Waals surface area contributed by atoms with Crippen molar-refractivity contribution in [1.82, 2.24) is 19.4 Å². The van der Waals surface area contributed by atoms with E-state index in [1.54, 1.807) is 0 Å². The number of carbonyl (C=O) groups excluding carboxylic acids is 1. The molecule has 0 saturated carbocycles. The van der Waals surface area contributed by atoms with E-state index in [0.717, 1.165) is 38.2 Å². The molecule has 2 fully saturated rings. The summed E-state index contributed by atoms with van der Waals surface area (Å²) in [5.74, 6) is 0.792. The van der Waals surface area contributed by atoms with E-state index in [-0.39, 0.29) is 5.92 Å². The molecule has 128 valence electrons. The maximum absolute atomic E-state index is 12.8. The molecule has 24 heavy (non-hydrogen) atoms. The maximum atomic E-state index is 12.8. The van der Waals surface area contributed by atoms with Crippen LogP contribution in [0, 0.1) is 11.8 Å². The van der Waals surface area contributed by atoms with Gasteiger partial charge in [-0.3, -0.25) is 9.69 Å². The molecule has 2 saturated heterocycles. The Kier molecular flexibility index (Phi) is 4.24. The Bertz CT molecular complexity index is 723. The lowest BCUT2D eigenvalue weighted by molar-refractivity contribution is -0.140. The van der Waals surface area contributed by atoms with E-state index in [9.17, 15) is 4.79 Å². The molecule has 0 unspecified atom stereocenters. The van der Waals surface area contributed by atoms with Gasteiger partial charge in [0.25, 0.3) is 0 Å². The van der Waals surface area contributed by atoms with Crippen LogP contribution >= 0.6 is 0 Å². The number of fused-ring (bicyclic) bond motifs is 1. The van der Waals surface area contributed by atoms with Crippen LogP contribution in [0.15, 0.2) is 30.6 Å². The molecule has 6 nitrogen and oxygen atoms in total. The molecule has 1 amide bonds. The van der Waals surface area contributed by atoms with Crippen LogP contribution in [-0.4, -0.2) is 64.7 Å². The summed E-state index contributed by atoms with van der Waals surface area (Å²) in [6.45, 7) is 7.64. The fraction of sp³-hybridized carbons (Fsp3) is 0.556. The van der Waals surface area contributed by atoms with Crippen molar-refractivity contribution in [2.75, 3.05) is 39.4 Å². The Morgan fingerprint density at radius 3 is 2.96 bits per heavy atom. The Morgan fingerprint density at radius 1 is 1.29 bits per heavy atom. The van der Waals surface area contributed by atoms with Crippen LogP contribution in [0.4, 0.5) is 0 Å². The Hall–Kier alpha value is -1.92. The number of aromatic nitrogens is 2. The average molecular weight is 328 g/mol. The summed E-state index contributed by atoms with van der Waals surface area (Å²) in [6.07, 6.45) is 3.91. The molecule has 6 heteroatoms. The van der Waals surface area contributed by atoms with Crippen molar-refractivity contribution in [1.29, 1.82) is 0 Å². The summed E-state index contributed by atoms with van der Waals surface area (Å²) in [5, 5.41) is 4.41. The van der Waals surface area contributed by atoms with Crippen LogP contribution in [0.1, 0.15) is 12.5 Å². The molecule has 0 spiro atoms. The minimum Gasteiger partial charge on any atom is -0.378 e. The van der Waals surface area contributed by atoms with Crippen molar-refractivity contribution in [2.45, 2.75) is 13.5 Å². The largest absolute Gasteiger partial charge is 0.378 e. The van der Waals surface area contributed by atoms with Crippen molar-refractivity contribution in [3.63, 3.8) is 0 Å². The molecule has 2 aliphatic heterocycles. The number of hydrogen-bond acceptors (Lipinski definition) is 4. The Labute approximate surface area is 142 Å². The second-order valence-electron chi connectivity index (χ2n) is 6.92. The summed E-state index contributed by atoms with van der Waals surface area (Å²) in [6, 6.07) is 6.12. The smallest absolute Gasteiger partial charge is 0.227 e. The lowest BCUT2D eigenvalue weighted by atomic mass is 9.96. The molecule has 2 aromatic rings. The molecule has 0 radical (unpaired) electrons. The highest BCUT2D eigenvalue weighted by Gasteiger charge is 2.37. The van der Waals surface area contributed by atoms with Gasteiger partial charge in [-0.05, 0) is 18.1 Å². The Balaban J connectivity index is 1.44. The van der Waals surface area contributed by atoms with Gasteiger partial charge in [-0.25, -0.2) is 4.52 Å². The number of morpholine rings is 1. The third kappa shape index (κ3) is 2.91. The van der Waals surface area contributed by atoms with Crippen LogP contribution in [0.25, 0.3) is 5.52 Å². The van der Waals surface area contributed by atoms with Crippen molar-refractivity contribution in [3.8, 4) is 0 Å². The standard InChI is InChI=1S/C18H24N4O2/c1-14-11-20(12-15-10-19-22-5-3-2-4-17(15)22)13-16(14)18(23)21-6-8-24-9-7-21/h2-5,10,14,16H,6-9,11-13H2,1H3/t14-,16-/m1/s1. The van der Waals surface area contributed by atoms with Crippen LogP contribution in [-0.2, 0) is 16.1 Å². The third-order valence-electron chi connectivity index (χ3n) is 5.23. The van der Waals surface area contributed by atoms with Gasteiger partial charge in [-0.1, -0.05) is 13.0 Å². The minimum absolute atomic E-state index is 0.102. The fourth-order valence-electron chi connectivity index (χ4n) is 3.89. The van der Waals surface area contributed by atoms with Gasteiger partial charge >= 0.3 is 0 Å². The van der Waals surface area contributed by atoms with E-state index in [2.05, 4.69) is 23.0 Å². The SMILES string of the molecule is C[C@@H]1CN(Cc2cnn3ccccc23)C[C@H]1C(=O)N1CCOCC1. The quantitative estimate of drug-likeness (QED) is 0.851. The molecule has 0 N–H and O–H groups in total. The molecule has 4 heterocycles. The second kappa shape index (κ2) is 6.53. The average Bonchev–Trinajstić information content (AvgIpc) is 3.19. The first-order chi connectivity index (χ1) is 11.7. The van der Waals surface area contributed by atoms with E-state index in [0.29, 0.717) is 25.0 Å². The van der Waals surface area contributed by atoms with Gasteiger partial charge in [0, 0.05) is 44.5 Å². The number of pyridine rings is 1. The van der Waals surface area contributed by atoms with Crippen LogP contribution in [0.5, 0.6) is 0 Å². The lowest BCUT2D eigenvalue weighted by Crippen LogP contribution is -2.45. The molecule has 0 aliphatic carbocycles. The van der Waals surface area contributed by atoms with Crippen molar-refractivity contribution in [2.24, 2.45) is 11.8 Å². The van der Waals surface area contributed by atoms with E-state index in [4.69, 9.17) is 4.74 Å². The predicted octanol–water partition coefficient (Wildman–Crippen LogP) is 1.26. The summed E-state index contributed by atoms with van der Waals surface area (Å²) < 4.78 is 7.27. The molecule has 0 aromatic carbocycles. The Morgan fingerprint density at radius 2 is 2.12 bits per heavy atom. The van der Waals surface area contributed by atoms with Gasteiger partial charge in [-0.2, -0.15) is 5.10 Å². The van der Waals surface area contributed by atoms with Crippen LogP contribution in [0.2, 0.25) is 0 Å². The maximum Gasteiger partial charge on any atom is 0.227 e. The monoisotopic (exact) mass is 328 g/mol.